The van der Waals surface area contributed by atoms with Crippen molar-refractivity contribution in [3.05, 3.63) is 0 Å². The van der Waals surface area contributed by atoms with Crippen LogP contribution in [0.4, 0.5) is 0 Å². The second-order valence-electron chi connectivity index (χ2n) is 5.81. The van der Waals surface area contributed by atoms with Crippen LogP contribution < -0.4 is 5.73 Å². The fourth-order valence-electron chi connectivity index (χ4n) is 2.32. The second-order valence-corrected chi connectivity index (χ2v) is 5.81. The predicted octanol–water partition coefficient (Wildman–Crippen LogP) is 4.58. The number of hydrogen-bond donors (Lipinski definition) is 1. The standard InChI is InChI=1S/C17H35NO2/c1-3-4-5-10-13-16(2)20-17(19)14-11-8-6-7-9-12-15-18/h16H,3-15,18H2,1-2H3. The molecule has 0 aliphatic heterocycles. The van der Waals surface area contributed by atoms with E-state index in [1.165, 1.54) is 44.9 Å². The highest BCUT2D eigenvalue weighted by molar-refractivity contribution is 5.69. The summed E-state index contributed by atoms with van der Waals surface area (Å²) in [6.07, 6.45) is 13.5. The number of nitrogens with two attached hydrogens (primary N) is 1. The van der Waals surface area contributed by atoms with Gasteiger partial charge in [-0.3, -0.25) is 4.79 Å². The van der Waals surface area contributed by atoms with E-state index in [0.29, 0.717) is 6.42 Å². The lowest BCUT2D eigenvalue weighted by Gasteiger charge is -2.13. The number of ether oxygens (including phenoxy) is 1. The molecule has 0 aromatic rings. The normalized spacial score (nSPS) is 12.3. The minimum absolute atomic E-state index is 0.0186. The first-order chi connectivity index (χ1) is 9.70. The molecule has 1 unspecified atom stereocenters. The molecule has 0 aromatic carbocycles. The van der Waals surface area contributed by atoms with Crippen molar-refractivity contribution in [1.82, 2.24) is 0 Å². The number of unbranched alkanes of at least 4 members (excludes halogenated alkanes) is 8. The van der Waals surface area contributed by atoms with Crippen molar-refractivity contribution in [3.8, 4) is 0 Å². The molecule has 3 heteroatoms. The summed E-state index contributed by atoms with van der Waals surface area (Å²) < 4.78 is 5.42. The molecule has 0 heterocycles. The smallest absolute Gasteiger partial charge is 0.306 e. The molecule has 0 saturated carbocycles. The number of esters is 1. The monoisotopic (exact) mass is 285 g/mol. The number of carbonyl (C=O) groups is 1. The molecule has 0 fully saturated rings. The third-order valence-corrected chi connectivity index (χ3v) is 3.63. The van der Waals surface area contributed by atoms with Gasteiger partial charge in [-0.25, -0.2) is 0 Å². The molecule has 20 heavy (non-hydrogen) atoms. The maximum atomic E-state index is 11.6. The van der Waals surface area contributed by atoms with E-state index in [4.69, 9.17) is 10.5 Å². The van der Waals surface area contributed by atoms with Crippen molar-refractivity contribution in [2.24, 2.45) is 5.73 Å². The van der Waals surface area contributed by atoms with Crippen LogP contribution in [0.15, 0.2) is 0 Å². The molecule has 0 bridgehead atoms. The zero-order chi connectivity index (χ0) is 15.1. The van der Waals surface area contributed by atoms with Crippen molar-refractivity contribution in [3.63, 3.8) is 0 Å². The molecule has 0 radical (unpaired) electrons. The van der Waals surface area contributed by atoms with Crippen LogP contribution in [0.2, 0.25) is 0 Å². The zero-order valence-corrected chi connectivity index (χ0v) is 13.7. The summed E-state index contributed by atoms with van der Waals surface area (Å²) in [5.41, 5.74) is 5.45. The van der Waals surface area contributed by atoms with Gasteiger partial charge in [-0.1, -0.05) is 51.9 Å². The SMILES string of the molecule is CCCCCCC(C)OC(=O)CCCCCCCCN. The molecular weight excluding hydrogens is 250 g/mol. The van der Waals surface area contributed by atoms with Gasteiger partial charge in [0, 0.05) is 6.42 Å². The van der Waals surface area contributed by atoms with Crippen LogP contribution >= 0.6 is 0 Å². The number of carbonyl (C=O) groups excluding carboxylic acids is 1. The fraction of sp³-hybridized carbons (Fsp3) is 0.941. The summed E-state index contributed by atoms with van der Waals surface area (Å²) in [5.74, 6) is -0.0186. The largest absolute Gasteiger partial charge is 0.463 e. The molecule has 0 aromatic heterocycles. The predicted molar refractivity (Wildman–Crippen MR) is 85.7 cm³/mol. The minimum atomic E-state index is -0.0186. The summed E-state index contributed by atoms with van der Waals surface area (Å²) >= 11 is 0. The van der Waals surface area contributed by atoms with E-state index in [-0.39, 0.29) is 12.1 Å². The van der Waals surface area contributed by atoms with Crippen LogP contribution in [0, 0.1) is 0 Å². The van der Waals surface area contributed by atoms with Crippen LogP contribution in [0.25, 0.3) is 0 Å². The Labute approximate surface area is 125 Å². The molecule has 0 rings (SSSR count). The Hall–Kier alpha value is -0.570. The van der Waals surface area contributed by atoms with Gasteiger partial charge < -0.3 is 10.5 Å². The van der Waals surface area contributed by atoms with Crippen LogP contribution in [0.1, 0.15) is 90.9 Å². The summed E-state index contributed by atoms with van der Waals surface area (Å²) in [5, 5.41) is 0. The van der Waals surface area contributed by atoms with Gasteiger partial charge in [0.2, 0.25) is 0 Å². The highest BCUT2D eigenvalue weighted by Gasteiger charge is 2.08. The van der Waals surface area contributed by atoms with E-state index < -0.39 is 0 Å². The lowest BCUT2D eigenvalue weighted by molar-refractivity contribution is -0.148. The van der Waals surface area contributed by atoms with Gasteiger partial charge in [0.1, 0.15) is 0 Å². The molecular formula is C17H35NO2. The Bertz CT molecular complexity index is 219. The molecule has 0 aliphatic rings. The Balaban J connectivity index is 3.34. The molecule has 1 atom stereocenters. The average Bonchev–Trinajstić information content (AvgIpc) is 2.42. The van der Waals surface area contributed by atoms with E-state index in [9.17, 15) is 4.79 Å². The van der Waals surface area contributed by atoms with E-state index in [2.05, 4.69) is 6.92 Å². The van der Waals surface area contributed by atoms with E-state index >= 15 is 0 Å². The van der Waals surface area contributed by atoms with Crippen molar-refractivity contribution < 1.29 is 9.53 Å². The van der Waals surface area contributed by atoms with Gasteiger partial charge >= 0.3 is 5.97 Å². The van der Waals surface area contributed by atoms with Crippen molar-refractivity contribution in [1.29, 1.82) is 0 Å². The van der Waals surface area contributed by atoms with E-state index in [1.807, 2.05) is 6.92 Å². The second kappa shape index (κ2) is 14.8. The topological polar surface area (TPSA) is 52.3 Å². The highest BCUT2D eigenvalue weighted by atomic mass is 16.5. The first-order valence-electron chi connectivity index (χ1n) is 8.60. The Kier molecular flexibility index (Phi) is 14.4. The van der Waals surface area contributed by atoms with Crippen molar-refractivity contribution in [2.75, 3.05) is 6.54 Å². The Morgan fingerprint density at radius 2 is 1.55 bits per heavy atom. The molecule has 0 saturated heterocycles. The summed E-state index contributed by atoms with van der Waals surface area (Å²) in [6.45, 7) is 5.01. The van der Waals surface area contributed by atoms with Gasteiger partial charge in [-0.05, 0) is 39.2 Å². The van der Waals surface area contributed by atoms with Gasteiger partial charge in [0.05, 0.1) is 6.10 Å². The van der Waals surface area contributed by atoms with Crippen LogP contribution in [0.3, 0.4) is 0 Å². The molecule has 0 amide bonds. The lowest BCUT2D eigenvalue weighted by atomic mass is 10.1. The Morgan fingerprint density at radius 3 is 2.20 bits per heavy atom. The van der Waals surface area contributed by atoms with Gasteiger partial charge in [-0.2, -0.15) is 0 Å². The maximum absolute atomic E-state index is 11.6. The fourth-order valence-corrected chi connectivity index (χ4v) is 2.32. The molecule has 0 spiro atoms. The molecule has 0 aliphatic carbocycles. The summed E-state index contributed by atoms with van der Waals surface area (Å²) in [6, 6.07) is 0. The molecule has 120 valence electrons. The van der Waals surface area contributed by atoms with Gasteiger partial charge in [0.25, 0.3) is 0 Å². The first-order valence-corrected chi connectivity index (χ1v) is 8.60. The van der Waals surface area contributed by atoms with Gasteiger partial charge in [0.15, 0.2) is 0 Å². The molecule has 3 nitrogen and oxygen atoms in total. The number of hydrogen-bond acceptors (Lipinski definition) is 3. The maximum Gasteiger partial charge on any atom is 0.306 e. The first kappa shape index (κ1) is 19.4. The minimum Gasteiger partial charge on any atom is -0.463 e. The third-order valence-electron chi connectivity index (χ3n) is 3.63. The summed E-state index contributed by atoms with van der Waals surface area (Å²) in [4.78, 5) is 11.6. The van der Waals surface area contributed by atoms with E-state index in [0.717, 1.165) is 32.2 Å². The third kappa shape index (κ3) is 13.9. The number of rotatable bonds is 14. The average molecular weight is 285 g/mol. The Morgan fingerprint density at radius 1 is 0.950 bits per heavy atom. The van der Waals surface area contributed by atoms with Crippen LogP contribution in [0.5, 0.6) is 0 Å². The summed E-state index contributed by atoms with van der Waals surface area (Å²) in [7, 11) is 0. The quantitative estimate of drug-likeness (QED) is 0.375. The van der Waals surface area contributed by atoms with Crippen LogP contribution in [-0.2, 0) is 9.53 Å². The van der Waals surface area contributed by atoms with Crippen molar-refractivity contribution in [2.45, 2.75) is 97.0 Å². The van der Waals surface area contributed by atoms with Crippen molar-refractivity contribution >= 4 is 5.97 Å². The zero-order valence-electron chi connectivity index (χ0n) is 13.7. The molecule has 2 N–H and O–H groups in total. The van der Waals surface area contributed by atoms with Crippen LogP contribution in [-0.4, -0.2) is 18.6 Å². The lowest BCUT2D eigenvalue weighted by Crippen LogP contribution is -2.14. The van der Waals surface area contributed by atoms with E-state index in [1.54, 1.807) is 0 Å². The van der Waals surface area contributed by atoms with Gasteiger partial charge in [-0.15, -0.1) is 0 Å². The highest BCUT2D eigenvalue weighted by Crippen LogP contribution is 2.11.